The van der Waals surface area contributed by atoms with E-state index >= 15 is 0 Å². The van der Waals surface area contributed by atoms with Gasteiger partial charge in [-0.15, -0.1) is 0 Å². The molecule has 0 aliphatic rings. The van der Waals surface area contributed by atoms with Crippen LogP contribution in [0.5, 0.6) is 0 Å². The van der Waals surface area contributed by atoms with Gasteiger partial charge in [-0.05, 0) is 36.5 Å². The molecule has 0 heterocycles. The minimum atomic E-state index is -0.602. The molecule has 0 bridgehead atoms. The van der Waals surface area contributed by atoms with Crippen LogP contribution in [0.1, 0.15) is 24.5 Å². The fraction of sp³-hybridized carbons (Fsp3) is 0.500. The number of aliphatic hydroxyl groups is 2. The summed E-state index contributed by atoms with van der Waals surface area (Å²) in [7, 11) is 0. The molecule has 0 spiro atoms. The molecule has 15 heavy (non-hydrogen) atoms. The molecule has 0 aliphatic carbocycles. The first-order chi connectivity index (χ1) is 7.17. The van der Waals surface area contributed by atoms with Gasteiger partial charge in [-0.3, -0.25) is 0 Å². The van der Waals surface area contributed by atoms with Crippen molar-refractivity contribution in [2.75, 3.05) is 6.61 Å². The number of aryl methyl sites for hydroxylation is 2. The molecule has 3 heteroatoms. The molecule has 0 aliphatic heterocycles. The van der Waals surface area contributed by atoms with E-state index in [2.05, 4.69) is 41.1 Å². The molecule has 0 aromatic heterocycles. The Balaban J connectivity index is 2.59. The van der Waals surface area contributed by atoms with Gasteiger partial charge in [-0.2, -0.15) is 0 Å². The average Bonchev–Trinajstić information content (AvgIpc) is 2.26. The molecule has 2 N–H and O–H groups in total. The molecule has 1 unspecified atom stereocenters. The summed E-state index contributed by atoms with van der Waals surface area (Å²) in [5.74, 6) is 0. The maximum absolute atomic E-state index is 9.23. The maximum Gasteiger partial charge on any atom is 0.0774 e. The lowest BCUT2D eigenvalue weighted by Crippen LogP contribution is -2.12. The fourth-order valence-electron chi connectivity index (χ4n) is 1.46. The Morgan fingerprint density at radius 1 is 1.40 bits per heavy atom. The first-order valence-electron chi connectivity index (χ1n) is 5.23. The van der Waals surface area contributed by atoms with Crippen LogP contribution in [0.25, 0.3) is 0 Å². The standard InChI is InChI=1S/C12H17BrO2/c1-2-10-5-3-9(7-12(10)13)4-6-11(15)8-14/h3,5,7,11,14-15H,2,4,6,8H2,1H3. The topological polar surface area (TPSA) is 40.5 Å². The minimum Gasteiger partial charge on any atom is -0.394 e. The van der Waals surface area contributed by atoms with Crippen LogP contribution in [0.3, 0.4) is 0 Å². The van der Waals surface area contributed by atoms with Gasteiger partial charge in [0.1, 0.15) is 0 Å². The van der Waals surface area contributed by atoms with Crippen molar-refractivity contribution in [2.24, 2.45) is 0 Å². The summed E-state index contributed by atoms with van der Waals surface area (Å²) in [6, 6.07) is 6.27. The van der Waals surface area contributed by atoms with E-state index < -0.39 is 6.10 Å². The second kappa shape index (κ2) is 6.26. The van der Waals surface area contributed by atoms with Crippen molar-refractivity contribution in [3.63, 3.8) is 0 Å². The summed E-state index contributed by atoms with van der Waals surface area (Å²) in [5.41, 5.74) is 2.48. The van der Waals surface area contributed by atoms with Crippen molar-refractivity contribution in [3.8, 4) is 0 Å². The van der Waals surface area contributed by atoms with E-state index in [9.17, 15) is 5.11 Å². The van der Waals surface area contributed by atoms with Gasteiger partial charge < -0.3 is 10.2 Å². The third kappa shape index (κ3) is 3.93. The second-order valence-corrected chi connectivity index (χ2v) is 4.51. The SMILES string of the molecule is CCc1ccc(CCC(O)CO)cc1Br. The lowest BCUT2D eigenvalue weighted by Gasteiger charge is -2.08. The van der Waals surface area contributed by atoms with Crippen LogP contribution in [0, 0.1) is 0 Å². The van der Waals surface area contributed by atoms with Gasteiger partial charge in [0.25, 0.3) is 0 Å². The Morgan fingerprint density at radius 3 is 2.67 bits per heavy atom. The van der Waals surface area contributed by atoms with Crippen LogP contribution >= 0.6 is 15.9 Å². The minimum absolute atomic E-state index is 0.159. The molecule has 0 saturated heterocycles. The molecule has 0 amide bonds. The fourth-order valence-corrected chi connectivity index (χ4v) is 2.16. The van der Waals surface area contributed by atoms with Crippen LogP contribution in [0.15, 0.2) is 22.7 Å². The molecule has 0 radical (unpaired) electrons. The van der Waals surface area contributed by atoms with E-state index in [0.717, 1.165) is 17.3 Å². The van der Waals surface area contributed by atoms with Crippen LogP contribution in [-0.4, -0.2) is 22.9 Å². The highest BCUT2D eigenvalue weighted by molar-refractivity contribution is 9.10. The lowest BCUT2D eigenvalue weighted by molar-refractivity contribution is 0.0886. The van der Waals surface area contributed by atoms with E-state index in [4.69, 9.17) is 5.11 Å². The molecule has 84 valence electrons. The summed E-state index contributed by atoms with van der Waals surface area (Å²) < 4.78 is 1.13. The van der Waals surface area contributed by atoms with Crippen molar-refractivity contribution < 1.29 is 10.2 Å². The molecule has 1 aromatic rings. The monoisotopic (exact) mass is 272 g/mol. The first kappa shape index (κ1) is 12.7. The van der Waals surface area contributed by atoms with E-state index in [-0.39, 0.29) is 6.61 Å². The van der Waals surface area contributed by atoms with E-state index in [0.29, 0.717) is 6.42 Å². The van der Waals surface area contributed by atoms with Gasteiger partial charge in [0.2, 0.25) is 0 Å². The number of halogens is 1. The highest BCUT2D eigenvalue weighted by atomic mass is 79.9. The number of hydrogen-bond donors (Lipinski definition) is 2. The quantitative estimate of drug-likeness (QED) is 0.864. The third-order valence-electron chi connectivity index (χ3n) is 2.48. The predicted octanol–water partition coefficient (Wildman–Crippen LogP) is 2.30. The number of rotatable bonds is 5. The summed E-state index contributed by atoms with van der Waals surface area (Å²) in [4.78, 5) is 0. The van der Waals surface area contributed by atoms with Crippen LogP contribution in [0.2, 0.25) is 0 Å². The molecular formula is C12H17BrO2. The van der Waals surface area contributed by atoms with Gasteiger partial charge in [0.05, 0.1) is 12.7 Å². The number of aliphatic hydroxyl groups excluding tert-OH is 2. The molecule has 1 aromatic carbocycles. The highest BCUT2D eigenvalue weighted by Crippen LogP contribution is 2.20. The lowest BCUT2D eigenvalue weighted by atomic mass is 10.0. The van der Waals surface area contributed by atoms with E-state index in [1.807, 2.05) is 0 Å². The maximum atomic E-state index is 9.23. The Kier molecular flexibility index (Phi) is 5.29. The Bertz CT molecular complexity index is 312. The average molecular weight is 273 g/mol. The summed E-state index contributed by atoms with van der Waals surface area (Å²) in [6.45, 7) is 1.96. The van der Waals surface area contributed by atoms with Gasteiger partial charge >= 0.3 is 0 Å². The van der Waals surface area contributed by atoms with Crippen LogP contribution < -0.4 is 0 Å². The van der Waals surface area contributed by atoms with Gasteiger partial charge in [-0.1, -0.05) is 35.0 Å². The summed E-state index contributed by atoms with van der Waals surface area (Å²) in [5, 5.41) is 17.9. The van der Waals surface area contributed by atoms with E-state index in [1.54, 1.807) is 0 Å². The zero-order valence-electron chi connectivity index (χ0n) is 8.91. The molecule has 1 atom stereocenters. The Labute approximate surface area is 99.1 Å². The second-order valence-electron chi connectivity index (χ2n) is 3.65. The number of benzene rings is 1. The highest BCUT2D eigenvalue weighted by Gasteiger charge is 2.04. The van der Waals surface area contributed by atoms with Crippen molar-refractivity contribution in [3.05, 3.63) is 33.8 Å². The van der Waals surface area contributed by atoms with Crippen molar-refractivity contribution in [2.45, 2.75) is 32.3 Å². The first-order valence-corrected chi connectivity index (χ1v) is 6.03. The van der Waals surface area contributed by atoms with Crippen molar-refractivity contribution in [1.29, 1.82) is 0 Å². The van der Waals surface area contributed by atoms with Gasteiger partial charge in [-0.25, -0.2) is 0 Å². The van der Waals surface area contributed by atoms with Crippen LogP contribution in [0.4, 0.5) is 0 Å². The van der Waals surface area contributed by atoms with Crippen molar-refractivity contribution >= 4 is 15.9 Å². The zero-order valence-corrected chi connectivity index (χ0v) is 10.5. The third-order valence-corrected chi connectivity index (χ3v) is 3.21. The molecular weight excluding hydrogens is 256 g/mol. The summed E-state index contributed by atoms with van der Waals surface area (Å²) in [6.07, 6.45) is 1.81. The normalized spacial score (nSPS) is 12.8. The van der Waals surface area contributed by atoms with Crippen molar-refractivity contribution in [1.82, 2.24) is 0 Å². The smallest absolute Gasteiger partial charge is 0.0774 e. The predicted molar refractivity (Wildman–Crippen MR) is 64.9 cm³/mol. The van der Waals surface area contributed by atoms with Crippen LogP contribution in [-0.2, 0) is 12.8 Å². The molecule has 0 saturated carbocycles. The Hall–Kier alpha value is -0.380. The van der Waals surface area contributed by atoms with E-state index in [1.165, 1.54) is 11.1 Å². The number of hydrogen-bond acceptors (Lipinski definition) is 2. The largest absolute Gasteiger partial charge is 0.394 e. The summed E-state index contributed by atoms with van der Waals surface area (Å²) >= 11 is 3.52. The Morgan fingerprint density at radius 2 is 2.13 bits per heavy atom. The molecule has 1 rings (SSSR count). The molecule has 0 fully saturated rings. The van der Waals surface area contributed by atoms with Gasteiger partial charge in [0.15, 0.2) is 0 Å². The van der Waals surface area contributed by atoms with Gasteiger partial charge in [0, 0.05) is 4.47 Å². The zero-order chi connectivity index (χ0) is 11.3. The molecule has 2 nitrogen and oxygen atoms in total.